The molecular formula is C19H21FN2O3S. The van der Waals surface area contributed by atoms with Gasteiger partial charge in [-0.1, -0.05) is 24.3 Å². The molecule has 0 fully saturated rings. The fourth-order valence-corrected chi connectivity index (χ4v) is 2.88. The molecule has 0 spiro atoms. The molecule has 0 bridgehead atoms. The van der Waals surface area contributed by atoms with Crippen molar-refractivity contribution in [3.05, 3.63) is 71.6 Å². The van der Waals surface area contributed by atoms with Crippen LogP contribution in [-0.4, -0.2) is 32.5 Å². The average Bonchev–Trinajstić information content (AvgIpc) is 2.59. The van der Waals surface area contributed by atoms with E-state index in [1.165, 1.54) is 18.2 Å². The number of rotatable bonds is 6. The number of hydrogen-bond acceptors (Lipinski definition) is 3. The number of likely N-dealkylation sites (N-methyl/N-ethyl adjacent to an activating group) is 1. The Kier molecular flexibility index (Phi) is 6.15. The van der Waals surface area contributed by atoms with Crippen molar-refractivity contribution < 1.29 is 17.6 Å². The van der Waals surface area contributed by atoms with Gasteiger partial charge in [-0.2, -0.15) is 0 Å². The maximum Gasteiger partial charge on any atom is 0.246 e. The van der Waals surface area contributed by atoms with Crippen molar-refractivity contribution in [1.29, 1.82) is 0 Å². The van der Waals surface area contributed by atoms with Crippen molar-refractivity contribution in [2.75, 3.05) is 18.0 Å². The lowest BCUT2D eigenvalue weighted by Crippen LogP contribution is -2.27. The molecule has 138 valence electrons. The Hall–Kier alpha value is -2.67. The quantitative estimate of drug-likeness (QED) is 0.786. The molecule has 0 saturated carbocycles. The van der Waals surface area contributed by atoms with Gasteiger partial charge in [-0.3, -0.25) is 9.52 Å². The lowest BCUT2D eigenvalue weighted by molar-refractivity contribution is -0.126. The summed E-state index contributed by atoms with van der Waals surface area (Å²) in [5, 5.41) is 0. The van der Waals surface area contributed by atoms with E-state index >= 15 is 0 Å². The van der Waals surface area contributed by atoms with E-state index in [9.17, 15) is 17.6 Å². The number of nitrogens with one attached hydrogen (secondary N) is 1. The first-order chi connectivity index (χ1) is 12.2. The van der Waals surface area contributed by atoms with E-state index in [0.29, 0.717) is 5.69 Å². The highest BCUT2D eigenvalue weighted by Crippen LogP contribution is 2.19. The van der Waals surface area contributed by atoms with Crippen molar-refractivity contribution in [2.24, 2.45) is 0 Å². The number of carbonyl (C=O) groups excluding carboxylic acids is 1. The normalized spacial score (nSPS) is 12.8. The van der Waals surface area contributed by atoms with Gasteiger partial charge in [0.15, 0.2) is 0 Å². The van der Waals surface area contributed by atoms with Crippen molar-refractivity contribution in [3.8, 4) is 0 Å². The lowest BCUT2D eigenvalue weighted by Gasteiger charge is -2.24. The van der Waals surface area contributed by atoms with Gasteiger partial charge in [-0.25, -0.2) is 12.8 Å². The zero-order valence-corrected chi connectivity index (χ0v) is 15.6. The molecule has 0 aliphatic heterocycles. The smallest absolute Gasteiger partial charge is 0.246 e. The van der Waals surface area contributed by atoms with Crippen molar-refractivity contribution in [1.82, 2.24) is 4.90 Å². The second-order valence-electron chi connectivity index (χ2n) is 6.01. The molecule has 0 radical (unpaired) electrons. The minimum absolute atomic E-state index is 0.194. The Morgan fingerprint density at radius 1 is 1.12 bits per heavy atom. The van der Waals surface area contributed by atoms with E-state index in [4.69, 9.17) is 0 Å². The van der Waals surface area contributed by atoms with Crippen LogP contribution in [0.5, 0.6) is 0 Å². The Morgan fingerprint density at radius 2 is 1.69 bits per heavy atom. The topological polar surface area (TPSA) is 66.5 Å². The molecule has 0 heterocycles. The predicted molar refractivity (Wildman–Crippen MR) is 102 cm³/mol. The van der Waals surface area contributed by atoms with Crippen molar-refractivity contribution in [2.45, 2.75) is 13.0 Å². The SMILES string of the molecule is C[C@@H](c1ccc(F)cc1)N(C)C(=O)/C=C/c1ccc(NS(C)(=O)=O)cc1. The number of halogens is 1. The number of amides is 1. The lowest BCUT2D eigenvalue weighted by atomic mass is 10.1. The molecule has 26 heavy (non-hydrogen) atoms. The molecule has 0 unspecified atom stereocenters. The van der Waals surface area contributed by atoms with Crippen LogP contribution in [0.1, 0.15) is 24.1 Å². The Labute approximate surface area is 153 Å². The molecular weight excluding hydrogens is 355 g/mol. The Bertz CT molecular complexity index is 891. The fourth-order valence-electron chi connectivity index (χ4n) is 2.32. The van der Waals surface area contributed by atoms with Gasteiger partial charge < -0.3 is 4.90 Å². The van der Waals surface area contributed by atoms with E-state index in [0.717, 1.165) is 17.4 Å². The van der Waals surface area contributed by atoms with E-state index in [2.05, 4.69) is 4.72 Å². The summed E-state index contributed by atoms with van der Waals surface area (Å²) in [6.45, 7) is 1.87. The molecule has 0 saturated heterocycles. The van der Waals surface area contributed by atoms with Crippen molar-refractivity contribution >= 4 is 27.7 Å². The molecule has 7 heteroatoms. The maximum atomic E-state index is 13.0. The standard InChI is InChI=1S/C19H21FN2O3S/c1-14(16-7-9-17(20)10-8-16)22(2)19(23)13-6-15-4-11-18(12-5-15)21-26(3,24)25/h4-14,21H,1-3H3/b13-6+/t14-/m0/s1. The second kappa shape index (κ2) is 8.14. The fraction of sp³-hybridized carbons (Fsp3) is 0.211. The van der Waals surface area contributed by atoms with Gasteiger partial charge in [0.2, 0.25) is 15.9 Å². The van der Waals surface area contributed by atoms with Gasteiger partial charge >= 0.3 is 0 Å². The number of carbonyl (C=O) groups is 1. The van der Waals surface area contributed by atoms with E-state index in [-0.39, 0.29) is 17.8 Å². The van der Waals surface area contributed by atoms with Gasteiger partial charge in [0.05, 0.1) is 12.3 Å². The monoisotopic (exact) mass is 376 g/mol. The summed E-state index contributed by atoms with van der Waals surface area (Å²) in [7, 11) is -1.64. The van der Waals surface area contributed by atoms with Gasteiger partial charge in [0, 0.05) is 18.8 Å². The van der Waals surface area contributed by atoms with Gasteiger partial charge in [-0.05, 0) is 48.4 Å². The zero-order valence-electron chi connectivity index (χ0n) is 14.8. The van der Waals surface area contributed by atoms with Crippen LogP contribution in [-0.2, 0) is 14.8 Å². The van der Waals surface area contributed by atoms with Gasteiger partial charge in [-0.15, -0.1) is 0 Å². The highest BCUT2D eigenvalue weighted by atomic mass is 32.2. The molecule has 0 aliphatic carbocycles. The first kappa shape index (κ1) is 19.7. The third-order valence-electron chi connectivity index (χ3n) is 3.91. The summed E-state index contributed by atoms with van der Waals surface area (Å²) in [5.41, 5.74) is 2.06. The molecule has 5 nitrogen and oxygen atoms in total. The molecule has 1 N–H and O–H groups in total. The molecule has 2 rings (SSSR count). The summed E-state index contributed by atoms with van der Waals surface area (Å²) in [4.78, 5) is 13.9. The minimum atomic E-state index is -3.32. The molecule has 1 amide bonds. The van der Waals surface area contributed by atoms with Crippen LogP contribution >= 0.6 is 0 Å². The third kappa shape index (κ3) is 5.70. The second-order valence-corrected chi connectivity index (χ2v) is 7.75. The maximum absolute atomic E-state index is 13.0. The van der Waals surface area contributed by atoms with Crippen LogP contribution in [0.4, 0.5) is 10.1 Å². The highest BCUT2D eigenvalue weighted by Gasteiger charge is 2.15. The Balaban J connectivity index is 2.02. The summed E-state index contributed by atoms with van der Waals surface area (Å²) < 4.78 is 37.7. The van der Waals surface area contributed by atoms with Crippen LogP contribution in [0.15, 0.2) is 54.6 Å². The average molecular weight is 376 g/mol. The number of nitrogens with zero attached hydrogens (tertiary/aromatic N) is 1. The van der Waals surface area contributed by atoms with Gasteiger partial charge in [0.25, 0.3) is 0 Å². The summed E-state index contributed by atoms with van der Waals surface area (Å²) in [6.07, 6.45) is 4.18. The molecule has 0 aliphatic rings. The molecule has 0 aromatic heterocycles. The molecule has 2 aromatic carbocycles. The molecule has 1 atom stereocenters. The summed E-state index contributed by atoms with van der Waals surface area (Å²) >= 11 is 0. The first-order valence-corrected chi connectivity index (χ1v) is 9.83. The number of benzene rings is 2. The van der Waals surface area contributed by atoms with E-state index in [1.807, 2.05) is 6.92 Å². The Morgan fingerprint density at radius 3 is 2.23 bits per heavy atom. The zero-order chi connectivity index (χ0) is 19.3. The highest BCUT2D eigenvalue weighted by molar-refractivity contribution is 7.92. The number of anilines is 1. The molecule has 2 aromatic rings. The van der Waals surface area contributed by atoms with E-state index in [1.54, 1.807) is 54.4 Å². The van der Waals surface area contributed by atoms with Crippen LogP contribution in [0.3, 0.4) is 0 Å². The largest absolute Gasteiger partial charge is 0.335 e. The minimum Gasteiger partial charge on any atom is -0.335 e. The van der Waals surface area contributed by atoms with Gasteiger partial charge in [0.1, 0.15) is 5.82 Å². The van der Waals surface area contributed by atoms with Crippen LogP contribution in [0.25, 0.3) is 6.08 Å². The number of hydrogen-bond donors (Lipinski definition) is 1. The van der Waals surface area contributed by atoms with Crippen LogP contribution in [0, 0.1) is 5.82 Å². The third-order valence-corrected chi connectivity index (χ3v) is 4.52. The number of sulfonamides is 1. The summed E-state index contributed by atoms with van der Waals surface area (Å²) in [5.74, 6) is -0.510. The van der Waals surface area contributed by atoms with Crippen molar-refractivity contribution in [3.63, 3.8) is 0 Å². The summed E-state index contributed by atoms with van der Waals surface area (Å²) in [6, 6.07) is 12.5. The predicted octanol–water partition coefficient (Wildman–Crippen LogP) is 3.43. The van der Waals surface area contributed by atoms with E-state index < -0.39 is 10.0 Å². The first-order valence-electron chi connectivity index (χ1n) is 7.94. The van der Waals surface area contributed by atoms with Crippen LogP contribution in [0.2, 0.25) is 0 Å². The van der Waals surface area contributed by atoms with Crippen LogP contribution < -0.4 is 4.72 Å².